The predicted molar refractivity (Wildman–Crippen MR) is 56.3 cm³/mol. The highest BCUT2D eigenvalue weighted by Gasteiger charge is 2.45. The molecule has 2 rings (SSSR count). The molecule has 1 saturated heterocycles. The average molecular weight is 208 g/mol. The normalized spacial score (nSPS) is 34.8. The molecule has 2 aliphatic rings. The van der Waals surface area contributed by atoms with Gasteiger partial charge in [-0.1, -0.05) is 19.2 Å². The number of carbonyl (C=O) groups is 1. The summed E-state index contributed by atoms with van der Waals surface area (Å²) in [5.74, 6) is -0.0195. The second-order valence-electron chi connectivity index (χ2n) is 4.13. The second kappa shape index (κ2) is 4.19. The van der Waals surface area contributed by atoms with Gasteiger partial charge in [0.05, 0.1) is 12.2 Å². The van der Waals surface area contributed by atoms with Gasteiger partial charge in [0.1, 0.15) is 6.10 Å². The minimum absolute atomic E-state index is 0.194. The Morgan fingerprint density at radius 1 is 1.40 bits per heavy atom. The van der Waals surface area contributed by atoms with Crippen LogP contribution in [0.15, 0.2) is 25.3 Å². The molecule has 0 N–H and O–H groups in total. The zero-order valence-corrected chi connectivity index (χ0v) is 8.72. The summed E-state index contributed by atoms with van der Waals surface area (Å²) in [5.41, 5.74) is 0. The fourth-order valence-corrected chi connectivity index (χ4v) is 2.25. The number of rotatable bonds is 4. The molecule has 0 radical (unpaired) electrons. The van der Waals surface area contributed by atoms with Crippen molar-refractivity contribution < 1.29 is 14.3 Å². The first-order chi connectivity index (χ1) is 7.24. The fourth-order valence-electron chi connectivity index (χ4n) is 2.25. The summed E-state index contributed by atoms with van der Waals surface area (Å²) in [6.07, 6.45) is 6.67. The molecular formula is C12H16O3. The van der Waals surface area contributed by atoms with Crippen molar-refractivity contribution >= 4 is 5.97 Å². The number of esters is 1. The van der Waals surface area contributed by atoms with E-state index in [9.17, 15) is 4.79 Å². The summed E-state index contributed by atoms with van der Waals surface area (Å²) in [6.45, 7) is 7.09. The van der Waals surface area contributed by atoms with Crippen LogP contribution in [0.25, 0.3) is 0 Å². The second-order valence-corrected chi connectivity index (χ2v) is 4.13. The van der Waals surface area contributed by atoms with E-state index >= 15 is 0 Å². The van der Waals surface area contributed by atoms with E-state index in [1.165, 1.54) is 6.08 Å². The molecule has 1 aliphatic heterocycles. The molecule has 3 heteroatoms. The first kappa shape index (κ1) is 10.4. The molecule has 0 bridgehead atoms. The molecule has 82 valence electrons. The third-order valence-corrected chi connectivity index (χ3v) is 3.16. The number of hydrogen-bond donors (Lipinski definition) is 0. The summed E-state index contributed by atoms with van der Waals surface area (Å²) in [5, 5.41) is 0. The maximum atomic E-state index is 11.1. The van der Waals surface area contributed by atoms with Gasteiger partial charge in [0, 0.05) is 12.0 Å². The smallest absolute Gasteiger partial charge is 0.330 e. The van der Waals surface area contributed by atoms with Crippen molar-refractivity contribution in [1.29, 1.82) is 0 Å². The van der Waals surface area contributed by atoms with Crippen LogP contribution in [0.3, 0.4) is 0 Å². The van der Waals surface area contributed by atoms with Crippen molar-refractivity contribution in [3.05, 3.63) is 25.3 Å². The molecule has 0 aromatic carbocycles. The molecule has 0 aromatic heterocycles. The molecule has 1 aliphatic carbocycles. The minimum atomic E-state index is -0.376. The zero-order valence-electron chi connectivity index (χ0n) is 8.72. The highest BCUT2D eigenvalue weighted by molar-refractivity contribution is 5.81. The molecule has 3 nitrogen and oxygen atoms in total. The quantitative estimate of drug-likeness (QED) is 0.306. The van der Waals surface area contributed by atoms with Crippen molar-refractivity contribution in [2.75, 3.05) is 0 Å². The number of carbonyl (C=O) groups excluding carboxylic acids is 1. The van der Waals surface area contributed by atoms with Gasteiger partial charge in [0.25, 0.3) is 0 Å². The minimum Gasteiger partial charge on any atom is -0.455 e. The third kappa shape index (κ3) is 2.29. The van der Waals surface area contributed by atoms with Crippen LogP contribution in [-0.4, -0.2) is 24.3 Å². The Morgan fingerprint density at radius 3 is 2.80 bits per heavy atom. The predicted octanol–water partition coefficient (Wildman–Crippen LogP) is 1.84. The molecule has 15 heavy (non-hydrogen) atoms. The van der Waals surface area contributed by atoms with Crippen LogP contribution in [0, 0.1) is 5.92 Å². The van der Waals surface area contributed by atoms with E-state index in [1.54, 1.807) is 6.08 Å². The van der Waals surface area contributed by atoms with E-state index in [0.717, 1.165) is 19.3 Å². The maximum Gasteiger partial charge on any atom is 0.330 e. The number of ether oxygens (including phenoxy) is 2. The van der Waals surface area contributed by atoms with Crippen molar-refractivity contribution in [3.63, 3.8) is 0 Å². The molecule has 1 heterocycles. The maximum absolute atomic E-state index is 11.1. The lowest BCUT2D eigenvalue weighted by molar-refractivity contribution is -0.143. The molecular weight excluding hydrogens is 192 g/mol. The lowest BCUT2D eigenvalue weighted by Gasteiger charge is -2.25. The van der Waals surface area contributed by atoms with Crippen molar-refractivity contribution in [3.8, 4) is 0 Å². The Labute approximate surface area is 89.8 Å². The summed E-state index contributed by atoms with van der Waals surface area (Å²) in [4.78, 5) is 11.1. The summed E-state index contributed by atoms with van der Waals surface area (Å²) in [7, 11) is 0. The van der Waals surface area contributed by atoms with Crippen molar-refractivity contribution in [1.82, 2.24) is 0 Å². The molecule has 0 amide bonds. The van der Waals surface area contributed by atoms with Gasteiger partial charge < -0.3 is 9.47 Å². The van der Waals surface area contributed by atoms with Gasteiger partial charge in [-0.05, 0) is 19.3 Å². The van der Waals surface area contributed by atoms with Gasteiger partial charge in [0.2, 0.25) is 0 Å². The molecule has 4 atom stereocenters. The lowest BCUT2D eigenvalue weighted by Crippen LogP contribution is -2.28. The zero-order chi connectivity index (χ0) is 10.8. The van der Waals surface area contributed by atoms with Gasteiger partial charge in [-0.2, -0.15) is 0 Å². The van der Waals surface area contributed by atoms with E-state index < -0.39 is 0 Å². The third-order valence-electron chi connectivity index (χ3n) is 3.16. The fraction of sp³-hybridized carbons (Fsp3) is 0.583. The van der Waals surface area contributed by atoms with Crippen molar-refractivity contribution in [2.24, 2.45) is 5.92 Å². The Hall–Kier alpha value is -1.09. The van der Waals surface area contributed by atoms with Gasteiger partial charge in [-0.25, -0.2) is 4.79 Å². The summed E-state index contributed by atoms with van der Waals surface area (Å²) < 4.78 is 10.7. The Bertz CT molecular complexity index is 285. The summed E-state index contributed by atoms with van der Waals surface area (Å²) >= 11 is 0. The van der Waals surface area contributed by atoms with Crippen LogP contribution >= 0.6 is 0 Å². The number of epoxide rings is 1. The lowest BCUT2D eigenvalue weighted by atomic mass is 9.85. The number of hydrogen-bond acceptors (Lipinski definition) is 3. The topological polar surface area (TPSA) is 38.8 Å². The van der Waals surface area contributed by atoms with Crippen LogP contribution in [0.2, 0.25) is 0 Å². The monoisotopic (exact) mass is 208 g/mol. The van der Waals surface area contributed by atoms with E-state index in [2.05, 4.69) is 13.2 Å². The Morgan fingerprint density at radius 2 is 2.20 bits per heavy atom. The number of fused-ring (bicyclic) bond motifs is 1. The molecule has 2 fully saturated rings. The first-order valence-electron chi connectivity index (χ1n) is 5.35. The molecule has 4 unspecified atom stereocenters. The van der Waals surface area contributed by atoms with Crippen LogP contribution in [0.1, 0.15) is 19.3 Å². The SMILES string of the molecule is C=CC(=O)OC(C=C)C1CCC2OC2C1. The van der Waals surface area contributed by atoms with Crippen molar-refractivity contribution in [2.45, 2.75) is 37.6 Å². The molecule has 1 saturated carbocycles. The van der Waals surface area contributed by atoms with Crippen LogP contribution in [-0.2, 0) is 14.3 Å². The average Bonchev–Trinajstić information content (AvgIpc) is 3.03. The summed E-state index contributed by atoms with van der Waals surface area (Å²) in [6, 6.07) is 0. The molecule has 0 aromatic rings. The van der Waals surface area contributed by atoms with E-state index in [0.29, 0.717) is 18.1 Å². The van der Waals surface area contributed by atoms with Crippen LogP contribution < -0.4 is 0 Å². The molecule has 0 spiro atoms. The Kier molecular flexibility index (Phi) is 2.91. The first-order valence-corrected chi connectivity index (χ1v) is 5.35. The highest BCUT2D eigenvalue weighted by atomic mass is 16.6. The van der Waals surface area contributed by atoms with Gasteiger partial charge in [-0.3, -0.25) is 0 Å². The van der Waals surface area contributed by atoms with Gasteiger partial charge in [0.15, 0.2) is 0 Å². The van der Waals surface area contributed by atoms with E-state index in [4.69, 9.17) is 9.47 Å². The largest absolute Gasteiger partial charge is 0.455 e. The van der Waals surface area contributed by atoms with Gasteiger partial charge in [-0.15, -0.1) is 0 Å². The van der Waals surface area contributed by atoms with E-state index in [1.807, 2.05) is 0 Å². The van der Waals surface area contributed by atoms with E-state index in [-0.39, 0.29) is 12.1 Å². The van der Waals surface area contributed by atoms with Gasteiger partial charge >= 0.3 is 5.97 Å². The highest BCUT2D eigenvalue weighted by Crippen LogP contribution is 2.41. The standard InChI is InChI=1S/C12H16O3/c1-3-9(15-12(13)4-2)8-5-6-10-11(7-8)14-10/h3-4,8-11H,1-2,5-7H2. The Balaban J connectivity index is 1.90. The van der Waals surface area contributed by atoms with Crippen LogP contribution in [0.4, 0.5) is 0 Å². The van der Waals surface area contributed by atoms with Crippen LogP contribution in [0.5, 0.6) is 0 Å².